The number of carbonyl (C=O) groups excluding carboxylic acids is 1. The predicted octanol–water partition coefficient (Wildman–Crippen LogP) is 1.60. The highest BCUT2D eigenvalue weighted by molar-refractivity contribution is 5.81. The molecule has 0 fully saturated rings. The molecule has 0 aliphatic heterocycles. The molecular formula is C10H21NO2. The van der Waals surface area contributed by atoms with E-state index in [4.69, 9.17) is 4.74 Å². The standard InChI is InChI=1S/C8H14O2.C2H7N/c1-5-7(9)10-6-8(2,3)4;1-3-2/h5H,1,6H2,2-4H3;3H,1-2H3. The highest BCUT2D eigenvalue weighted by Gasteiger charge is 2.11. The van der Waals surface area contributed by atoms with Gasteiger partial charge in [0.1, 0.15) is 0 Å². The van der Waals surface area contributed by atoms with Gasteiger partial charge in [-0.3, -0.25) is 0 Å². The largest absolute Gasteiger partial charge is 0.462 e. The van der Waals surface area contributed by atoms with E-state index in [-0.39, 0.29) is 11.4 Å². The molecule has 78 valence electrons. The lowest BCUT2D eigenvalue weighted by atomic mass is 9.99. The molecule has 0 radical (unpaired) electrons. The lowest BCUT2D eigenvalue weighted by Crippen LogP contribution is -2.16. The molecule has 0 saturated heterocycles. The number of ether oxygens (including phenoxy) is 1. The SMILES string of the molecule is C=CC(=O)OCC(C)(C)C.CNC. The Labute approximate surface area is 81.2 Å². The summed E-state index contributed by atoms with van der Waals surface area (Å²) in [5.74, 6) is -0.352. The quantitative estimate of drug-likeness (QED) is 0.527. The van der Waals surface area contributed by atoms with Gasteiger partial charge in [0.15, 0.2) is 0 Å². The summed E-state index contributed by atoms with van der Waals surface area (Å²) in [6, 6.07) is 0. The van der Waals surface area contributed by atoms with Crippen molar-refractivity contribution in [1.29, 1.82) is 0 Å². The molecule has 0 spiro atoms. The van der Waals surface area contributed by atoms with Gasteiger partial charge >= 0.3 is 5.97 Å². The van der Waals surface area contributed by atoms with Crippen molar-refractivity contribution < 1.29 is 9.53 Å². The third-order valence-corrected chi connectivity index (χ3v) is 0.814. The van der Waals surface area contributed by atoms with Crippen molar-refractivity contribution in [3.63, 3.8) is 0 Å². The maximum Gasteiger partial charge on any atom is 0.330 e. The van der Waals surface area contributed by atoms with E-state index in [2.05, 4.69) is 11.9 Å². The molecule has 0 aromatic rings. The van der Waals surface area contributed by atoms with Crippen molar-refractivity contribution in [2.24, 2.45) is 5.41 Å². The average molecular weight is 187 g/mol. The van der Waals surface area contributed by atoms with E-state index in [1.807, 2.05) is 34.9 Å². The van der Waals surface area contributed by atoms with Gasteiger partial charge in [-0.25, -0.2) is 4.79 Å². The van der Waals surface area contributed by atoms with E-state index in [0.717, 1.165) is 0 Å². The smallest absolute Gasteiger partial charge is 0.330 e. The Morgan fingerprint density at radius 3 is 2.08 bits per heavy atom. The molecule has 3 heteroatoms. The van der Waals surface area contributed by atoms with Gasteiger partial charge in [0.05, 0.1) is 6.61 Å². The van der Waals surface area contributed by atoms with Crippen molar-refractivity contribution in [3.05, 3.63) is 12.7 Å². The maximum absolute atomic E-state index is 10.5. The van der Waals surface area contributed by atoms with Crippen LogP contribution in [0.25, 0.3) is 0 Å². The molecule has 0 atom stereocenters. The number of rotatable bonds is 2. The second-order valence-electron chi connectivity index (χ2n) is 3.87. The summed E-state index contributed by atoms with van der Waals surface area (Å²) in [6.45, 7) is 9.74. The van der Waals surface area contributed by atoms with Gasteiger partial charge in [-0.05, 0) is 19.5 Å². The van der Waals surface area contributed by atoms with Crippen LogP contribution in [-0.4, -0.2) is 26.7 Å². The summed E-state index contributed by atoms with van der Waals surface area (Å²) in [5.41, 5.74) is 0.0403. The van der Waals surface area contributed by atoms with Gasteiger partial charge in [-0.2, -0.15) is 0 Å². The molecule has 13 heavy (non-hydrogen) atoms. The zero-order valence-corrected chi connectivity index (χ0v) is 9.31. The predicted molar refractivity (Wildman–Crippen MR) is 55.6 cm³/mol. The van der Waals surface area contributed by atoms with Crippen LogP contribution in [-0.2, 0) is 9.53 Å². The van der Waals surface area contributed by atoms with E-state index < -0.39 is 0 Å². The van der Waals surface area contributed by atoms with Gasteiger partial charge in [0.2, 0.25) is 0 Å². The van der Waals surface area contributed by atoms with Crippen LogP contribution in [0, 0.1) is 5.41 Å². The van der Waals surface area contributed by atoms with E-state index in [9.17, 15) is 4.79 Å². The van der Waals surface area contributed by atoms with Crippen LogP contribution in [0.2, 0.25) is 0 Å². The van der Waals surface area contributed by atoms with E-state index in [0.29, 0.717) is 6.61 Å². The Morgan fingerprint density at radius 1 is 1.46 bits per heavy atom. The van der Waals surface area contributed by atoms with E-state index >= 15 is 0 Å². The van der Waals surface area contributed by atoms with Crippen molar-refractivity contribution >= 4 is 5.97 Å². The van der Waals surface area contributed by atoms with Crippen molar-refractivity contribution in [1.82, 2.24) is 5.32 Å². The first-order valence-electron chi connectivity index (χ1n) is 4.25. The summed E-state index contributed by atoms with van der Waals surface area (Å²) in [5, 5.41) is 2.75. The molecule has 0 aromatic heterocycles. The van der Waals surface area contributed by atoms with Crippen molar-refractivity contribution in [3.8, 4) is 0 Å². The molecule has 0 saturated carbocycles. The van der Waals surface area contributed by atoms with E-state index in [1.54, 1.807) is 0 Å². The Bertz CT molecular complexity index is 147. The van der Waals surface area contributed by atoms with Crippen LogP contribution in [0.15, 0.2) is 12.7 Å². The molecule has 0 bridgehead atoms. The third-order valence-electron chi connectivity index (χ3n) is 0.814. The van der Waals surface area contributed by atoms with Gasteiger partial charge in [-0.15, -0.1) is 0 Å². The molecule has 0 aromatic carbocycles. The Hall–Kier alpha value is -0.830. The fraction of sp³-hybridized carbons (Fsp3) is 0.700. The van der Waals surface area contributed by atoms with Crippen LogP contribution < -0.4 is 5.32 Å². The molecule has 0 amide bonds. The molecule has 0 unspecified atom stereocenters. The lowest BCUT2D eigenvalue weighted by molar-refractivity contribution is -0.140. The first-order valence-corrected chi connectivity index (χ1v) is 4.25. The van der Waals surface area contributed by atoms with Crippen LogP contribution in [0.3, 0.4) is 0 Å². The number of carbonyl (C=O) groups is 1. The highest BCUT2D eigenvalue weighted by atomic mass is 16.5. The molecule has 0 heterocycles. The number of nitrogens with one attached hydrogen (secondary N) is 1. The topological polar surface area (TPSA) is 38.3 Å². The number of hydrogen-bond acceptors (Lipinski definition) is 3. The monoisotopic (exact) mass is 187 g/mol. The van der Waals surface area contributed by atoms with Gasteiger partial charge < -0.3 is 10.1 Å². The fourth-order valence-corrected chi connectivity index (χ4v) is 0.347. The van der Waals surface area contributed by atoms with Crippen molar-refractivity contribution in [2.75, 3.05) is 20.7 Å². The summed E-state index contributed by atoms with van der Waals surface area (Å²) in [7, 11) is 3.75. The normalized spacial score (nSPS) is 9.62. The first kappa shape index (κ1) is 14.7. The molecule has 0 aliphatic rings. The summed E-state index contributed by atoms with van der Waals surface area (Å²) in [4.78, 5) is 10.5. The lowest BCUT2D eigenvalue weighted by Gasteiger charge is -2.16. The summed E-state index contributed by atoms with van der Waals surface area (Å²) < 4.78 is 4.80. The molecular weight excluding hydrogens is 166 g/mol. The van der Waals surface area contributed by atoms with Gasteiger partial charge in [-0.1, -0.05) is 27.4 Å². The fourth-order valence-electron chi connectivity index (χ4n) is 0.347. The van der Waals surface area contributed by atoms with Crippen LogP contribution in [0.4, 0.5) is 0 Å². The second kappa shape index (κ2) is 7.80. The Morgan fingerprint density at radius 2 is 1.85 bits per heavy atom. The average Bonchev–Trinajstić information content (AvgIpc) is 2.00. The van der Waals surface area contributed by atoms with Crippen LogP contribution in [0.1, 0.15) is 20.8 Å². The summed E-state index contributed by atoms with van der Waals surface area (Å²) in [6.07, 6.45) is 1.17. The van der Waals surface area contributed by atoms with Gasteiger partial charge in [0, 0.05) is 6.08 Å². The number of esters is 1. The Balaban J connectivity index is 0. The zero-order valence-electron chi connectivity index (χ0n) is 9.31. The maximum atomic E-state index is 10.5. The third kappa shape index (κ3) is 18.3. The zero-order chi connectivity index (χ0) is 10.9. The molecule has 0 aliphatic carbocycles. The number of hydrogen-bond donors (Lipinski definition) is 1. The second-order valence-corrected chi connectivity index (χ2v) is 3.87. The van der Waals surface area contributed by atoms with E-state index in [1.165, 1.54) is 6.08 Å². The molecule has 1 N–H and O–H groups in total. The van der Waals surface area contributed by atoms with Gasteiger partial charge in [0.25, 0.3) is 0 Å². The minimum absolute atomic E-state index is 0.0403. The van der Waals surface area contributed by atoms with Crippen molar-refractivity contribution in [2.45, 2.75) is 20.8 Å². The molecule has 3 nitrogen and oxygen atoms in total. The highest BCUT2D eigenvalue weighted by Crippen LogP contribution is 2.12. The minimum atomic E-state index is -0.352. The summed E-state index contributed by atoms with van der Waals surface area (Å²) >= 11 is 0. The molecule has 0 rings (SSSR count). The van der Waals surface area contributed by atoms with Crippen LogP contribution in [0.5, 0.6) is 0 Å². The minimum Gasteiger partial charge on any atom is -0.462 e. The van der Waals surface area contributed by atoms with Crippen LogP contribution >= 0.6 is 0 Å². The Kier molecular flexibility index (Phi) is 8.81. The first-order chi connectivity index (χ1) is 5.87.